The van der Waals surface area contributed by atoms with Crippen LogP contribution in [0.2, 0.25) is 0 Å². The number of carbonyl (C=O) groups is 3. The highest BCUT2D eigenvalue weighted by Crippen LogP contribution is 2.18. The Morgan fingerprint density at radius 3 is 0.685 bits per heavy atom. The van der Waals surface area contributed by atoms with Crippen LogP contribution in [0.25, 0.3) is 0 Å². The molecule has 1 atom stereocenters. The molecule has 0 radical (unpaired) electrons. The van der Waals surface area contributed by atoms with Gasteiger partial charge in [0.05, 0.1) is 0 Å². The van der Waals surface area contributed by atoms with E-state index in [4.69, 9.17) is 14.2 Å². The van der Waals surface area contributed by atoms with E-state index in [2.05, 4.69) is 32.9 Å². The van der Waals surface area contributed by atoms with Gasteiger partial charge in [0, 0.05) is 19.3 Å². The average Bonchev–Trinajstić information content (AvgIpc) is 3.39. The van der Waals surface area contributed by atoms with Gasteiger partial charge in [-0.25, -0.2) is 0 Å². The Morgan fingerprint density at radius 2 is 0.452 bits per heavy atom. The van der Waals surface area contributed by atoms with Crippen LogP contribution < -0.4 is 0 Å². The minimum absolute atomic E-state index is 0.0628. The number of rotatable bonds is 62. The van der Waals surface area contributed by atoms with Crippen molar-refractivity contribution in [1.82, 2.24) is 0 Å². The van der Waals surface area contributed by atoms with Crippen LogP contribution in [-0.2, 0) is 28.6 Å². The molecule has 0 N–H and O–H groups in total. The van der Waals surface area contributed by atoms with Crippen LogP contribution >= 0.6 is 0 Å². The highest BCUT2D eigenvalue weighted by molar-refractivity contribution is 5.71. The van der Waals surface area contributed by atoms with Crippen molar-refractivity contribution in [2.45, 2.75) is 386 Å². The van der Waals surface area contributed by atoms with E-state index in [0.29, 0.717) is 19.3 Å². The molecule has 432 valence electrons. The molecule has 0 bridgehead atoms. The fraction of sp³-hybridized carbons (Fsp3) is 0.925. The molecule has 0 saturated carbocycles. The first-order chi connectivity index (χ1) is 36.0. The first-order valence-electron chi connectivity index (χ1n) is 33.2. The van der Waals surface area contributed by atoms with Gasteiger partial charge in [0.25, 0.3) is 0 Å². The van der Waals surface area contributed by atoms with E-state index in [9.17, 15) is 14.4 Å². The van der Waals surface area contributed by atoms with Crippen LogP contribution in [0, 0.1) is 0 Å². The monoisotopic (exact) mass is 1030 g/mol. The molecule has 73 heavy (non-hydrogen) atoms. The zero-order valence-electron chi connectivity index (χ0n) is 49.7. The lowest BCUT2D eigenvalue weighted by Crippen LogP contribution is -2.30. The second-order valence-corrected chi connectivity index (χ2v) is 22.7. The number of allylic oxidation sites excluding steroid dienone is 2. The van der Waals surface area contributed by atoms with Crippen molar-refractivity contribution in [2.24, 2.45) is 0 Å². The smallest absolute Gasteiger partial charge is 0.306 e. The van der Waals surface area contributed by atoms with Gasteiger partial charge >= 0.3 is 17.9 Å². The molecule has 1 unspecified atom stereocenters. The van der Waals surface area contributed by atoms with E-state index in [-0.39, 0.29) is 31.1 Å². The van der Waals surface area contributed by atoms with Crippen molar-refractivity contribution in [3.8, 4) is 0 Å². The molecule has 0 spiro atoms. The lowest BCUT2D eigenvalue weighted by molar-refractivity contribution is -0.167. The molecular weight excluding hydrogens is 901 g/mol. The summed E-state index contributed by atoms with van der Waals surface area (Å²) in [5.41, 5.74) is 0. The predicted molar refractivity (Wildman–Crippen MR) is 317 cm³/mol. The number of ether oxygens (including phenoxy) is 3. The predicted octanol–water partition coefficient (Wildman–Crippen LogP) is 22.4. The van der Waals surface area contributed by atoms with Gasteiger partial charge in [-0.2, -0.15) is 0 Å². The maximum atomic E-state index is 12.9. The zero-order valence-corrected chi connectivity index (χ0v) is 49.7. The van der Waals surface area contributed by atoms with Gasteiger partial charge in [-0.15, -0.1) is 0 Å². The second kappa shape index (κ2) is 62.7. The van der Waals surface area contributed by atoms with E-state index in [1.807, 2.05) is 0 Å². The maximum Gasteiger partial charge on any atom is 0.306 e. The number of carbonyl (C=O) groups excluding carboxylic acids is 3. The molecule has 6 nitrogen and oxygen atoms in total. The highest BCUT2D eigenvalue weighted by Gasteiger charge is 2.19. The fourth-order valence-corrected chi connectivity index (χ4v) is 10.3. The van der Waals surface area contributed by atoms with E-state index in [0.717, 1.165) is 57.8 Å². The Labute approximate surface area is 456 Å². The van der Waals surface area contributed by atoms with Crippen molar-refractivity contribution >= 4 is 17.9 Å². The van der Waals surface area contributed by atoms with Crippen LogP contribution in [0.15, 0.2) is 12.2 Å². The van der Waals surface area contributed by atoms with Crippen LogP contribution in [0.1, 0.15) is 380 Å². The molecule has 0 fully saturated rings. The Bertz CT molecular complexity index is 1130. The third-order valence-electron chi connectivity index (χ3n) is 15.3. The third kappa shape index (κ3) is 60.9. The molecule has 0 aliphatic rings. The molecule has 0 aromatic carbocycles. The summed E-state index contributed by atoms with van der Waals surface area (Å²) in [5.74, 6) is -0.832. The zero-order chi connectivity index (χ0) is 52.9. The van der Waals surface area contributed by atoms with Crippen LogP contribution in [-0.4, -0.2) is 37.2 Å². The van der Waals surface area contributed by atoms with E-state index >= 15 is 0 Å². The molecule has 0 aliphatic heterocycles. The number of hydrogen-bond donors (Lipinski definition) is 0. The normalized spacial score (nSPS) is 12.0. The first-order valence-corrected chi connectivity index (χ1v) is 33.2. The summed E-state index contributed by atoms with van der Waals surface area (Å²) in [7, 11) is 0. The molecule has 0 heterocycles. The molecular formula is C67H128O6. The molecule has 0 aliphatic carbocycles. The van der Waals surface area contributed by atoms with Crippen LogP contribution in [0.4, 0.5) is 0 Å². The Hall–Kier alpha value is -1.85. The van der Waals surface area contributed by atoms with Crippen LogP contribution in [0.3, 0.4) is 0 Å². The Morgan fingerprint density at radius 1 is 0.260 bits per heavy atom. The first kappa shape index (κ1) is 71.2. The second-order valence-electron chi connectivity index (χ2n) is 22.7. The van der Waals surface area contributed by atoms with Gasteiger partial charge in [0.15, 0.2) is 6.10 Å². The Balaban J connectivity index is 4.14. The summed E-state index contributed by atoms with van der Waals surface area (Å²) in [6, 6.07) is 0. The molecule has 0 aromatic rings. The summed E-state index contributed by atoms with van der Waals surface area (Å²) in [4.78, 5) is 38.2. The van der Waals surface area contributed by atoms with Crippen molar-refractivity contribution in [3.63, 3.8) is 0 Å². The van der Waals surface area contributed by atoms with Crippen molar-refractivity contribution in [1.29, 1.82) is 0 Å². The van der Waals surface area contributed by atoms with Crippen molar-refractivity contribution in [2.75, 3.05) is 13.2 Å². The molecule has 0 saturated heterocycles. The summed E-state index contributed by atoms with van der Waals surface area (Å²) in [5, 5.41) is 0. The molecule has 0 amide bonds. The lowest BCUT2D eigenvalue weighted by Gasteiger charge is -2.18. The van der Waals surface area contributed by atoms with Gasteiger partial charge < -0.3 is 14.2 Å². The Kier molecular flexibility index (Phi) is 61.1. The van der Waals surface area contributed by atoms with Gasteiger partial charge in [0.2, 0.25) is 0 Å². The standard InChI is InChI=1S/C67H128O6/c1-4-7-10-13-16-19-22-24-26-28-29-30-31-32-33-34-35-36-37-39-40-42-45-48-51-54-57-60-66(69)72-63-64(62-71-65(68)59-56-53-50-47-44-21-18-15-12-9-6-3)73-67(70)61-58-55-52-49-46-43-41-38-27-25-23-20-17-14-11-8-5-2/h28-29,64H,4-27,30-63H2,1-3H3/b29-28-. The minimum atomic E-state index is -0.764. The van der Waals surface area contributed by atoms with Gasteiger partial charge in [0.1, 0.15) is 13.2 Å². The van der Waals surface area contributed by atoms with E-state index in [1.54, 1.807) is 0 Å². The fourth-order valence-electron chi connectivity index (χ4n) is 10.3. The van der Waals surface area contributed by atoms with E-state index in [1.165, 1.54) is 283 Å². The molecule has 6 heteroatoms. The molecule has 0 rings (SSSR count). The lowest BCUT2D eigenvalue weighted by atomic mass is 10.0. The topological polar surface area (TPSA) is 78.9 Å². The van der Waals surface area contributed by atoms with Crippen molar-refractivity contribution in [3.05, 3.63) is 12.2 Å². The average molecular weight is 1030 g/mol. The largest absolute Gasteiger partial charge is 0.462 e. The number of hydrogen-bond acceptors (Lipinski definition) is 6. The van der Waals surface area contributed by atoms with Gasteiger partial charge in [-0.1, -0.05) is 328 Å². The van der Waals surface area contributed by atoms with Crippen LogP contribution in [0.5, 0.6) is 0 Å². The highest BCUT2D eigenvalue weighted by atomic mass is 16.6. The SMILES string of the molecule is CCCCCCCCCC/C=C\CCCCCCCCCCCCCCCCCC(=O)OCC(COC(=O)CCCCCCCCCCCCC)OC(=O)CCCCCCCCCCCCCCCCCCC. The summed E-state index contributed by atoms with van der Waals surface area (Å²) >= 11 is 0. The summed E-state index contributed by atoms with van der Waals surface area (Å²) in [6.07, 6.45) is 73.8. The number of esters is 3. The van der Waals surface area contributed by atoms with Gasteiger partial charge in [-0.05, 0) is 44.9 Å². The third-order valence-corrected chi connectivity index (χ3v) is 15.3. The maximum absolute atomic E-state index is 12.9. The number of unbranched alkanes of at least 4 members (excludes halogenated alkanes) is 49. The summed E-state index contributed by atoms with van der Waals surface area (Å²) < 4.78 is 16.9. The van der Waals surface area contributed by atoms with Gasteiger partial charge in [-0.3, -0.25) is 14.4 Å². The molecule has 0 aromatic heterocycles. The van der Waals surface area contributed by atoms with Crippen molar-refractivity contribution < 1.29 is 28.6 Å². The van der Waals surface area contributed by atoms with E-state index < -0.39 is 6.10 Å². The summed E-state index contributed by atoms with van der Waals surface area (Å²) in [6.45, 7) is 6.71. The minimum Gasteiger partial charge on any atom is -0.462 e. The quantitative estimate of drug-likeness (QED) is 0.0261.